The average molecular weight is 260 g/mol. The quantitative estimate of drug-likeness (QED) is 0.800. The van der Waals surface area contributed by atoms with Crippen molar-refractivity contribution in [1.29, 1.82) is 0 Å². The summed E-state index contributed by atoms with van der Waals surface area (Å²) in [6, 6.07) is 7.62. The van der Waals surface area contributed by atoms with Crippen molar-refractivity contribution in [2.75, 3.05) is 0 Å². The predicted molar refractivity (Wildman–Crippen MR) is 72.2 cm³/mol. The summed E-state index contributed by atoms with van der Waals surface area (Å²) >= 11 is 4.61. The second-order valence-corrected chi connectivity index (χ2v) is 4.17. The molecule has 0 bridgehead atoms. The van der Waals surface area contributed by atoms with Crippen LogP contribution in [0.5, 0.6) is 0 Å². The van der Waals surface area contributed by atoms with Crippen molar-refractivity contribution in [3.8, 4) is 5.69 Å². The van der Waals surface area contributed by atoms with Crippen molar-refractivity contribution in [3.63, 3.8) is 0 Å². The van der Waals surface area contributed by atoms with Crippen molar-refractivity contribution in [2.24, 2.45) is 5.73 Å². The highest BCUT2D eigenvalue weighted by Gasteiger charge is 2.05. The second kappa shape index (κ2) is 5.42. The van der Waals surface area contributed by atoms with E-state index in [4.69, 9.17) is 5.73 Å². The molecule has 1 amide bonds. The van der Waals surface area contributed by atoms with E-state index in [9.17, 15) is 4.79 Å². The smallest absolute Gasteiger partial charge is 0.230 e. The largest absolute Gasteiger partial charge is 0.376 e. The highest BCUT2D eigenvalue weighted by atomic mass is 32.1. The Balaban J connectivity index is 2.13. The van der Waals surface area contributed by atoms with Gasteiger partial charge in [0.25, 0.3) is 0 Å². The number of nitrogens with two attached hydrogens (primary N) is 1. The molecule has 0 aliphatic rings. The van der Waals surface area contributed by atoms with E-state index < -0.39 is 0 Å². The minimum absolute atomic E-state index is 0.00855. The molecule has 2 aromatic rings. The molecule has 0 saturated carbocycles. The zero-order valence-electron chi connectivity index (χ0n) is 9.54. The van der Waals surface area contributed by atoms with E-state index in [-0.39, 0.29) is 17.4 Å². The van der Waals surface area contributed by atoms with Crippen LogP contribution in [0.4, 0.5) is 0 Å². The van der Waals surface area contributed by atoms with Crippen LogP contribution in [0.3, 0.4) is 0 Å². The third-order valence-electron chi connectivity index (χ3n) is 2.34. The topological polar surface area (TPSA) is 72.9 Å². The molecular weight excluding hydrogens is 248 g/mol. The SMILES string of the molecule is NC(=S)NC(=O)Cc1cccc(-n2ccnc2)c1. The summed E-state index contributed by atoms with van der Waals surface area (Å²) in [6.07, 6.45) is 5.48. The zero-order chi connectivity index (χ0) is 13.0. The zero-order valence-corrected chi connectivity index (χ0v) is 10.4. The maximum absolute atomic E-state index is 11.5. The van der Waals surface area contributed by atoms with Gasteiger partial charge in [-0.1, -0.05) is 12.1 Å². The fourth-order valence-electron chi connectivity index (χ4n) is 1.61. The van der Waals surface area contributed by atoms with Gasteiger partial charge in [0.1, 0.15) is 0 Å². The maximum Gasteiger partial charge on any atom is 0.230 e. The van der Waals surface area contributed by atoms with Crippen molar-refractivity contribution < 1.29 is 4.79 Å². The number of nitrogens with one attached hydrogen (secondary N) is 1. The molecule has 2 rings (SSSR count). The third kappa shape index (κ3) is 3.14. The molecule has 6 heteroatoms. The van der Waals surface area contributed by atoms with Gasteiger partial charge in [-0.15, -0.1) is 0 Å². The summed E-state index contributed by atoms with van der Waals surface area (Å²) in [5.74, 6) is -0.217. The van der Waals surface area contributed by atoms with E-state index in [1.807, 2.05) is 35.0 Å². The number of carbonyl (C=O) groups excluding carboxylic acids is 1. The van der Waals surface area contributed by atoms with Crippen LogP contribution in [-0.2, 0) is 11.2 Å². The number of hydrogen-bond acceptors (Lipinski definition) is 3. The molecule has 0 fully saturated rings. The van der Waals surface area contributed by atoms with Gasteiger partial charge >= 0.3 is 0 Å². The lowest BCUT2D eigenvalue weighted by Gasteiger charge is -2.06. The molecule has 1 aromatic heterocycles. The molecule has 92 valence electrons. The maximum atomic E-state index is 11.5. The fraction of sp³-hybridized carbons (Fsp3) is 0.0833. The minimum Gasteiger partial charge on any atom is -0.376 e. The van der Waals surface area contributed by atoms with E-state index in [0.29, 0.717) is 0 Å². The Morgan fingerprint density at radius 1 is 1.50 bits per heavy atom. The van der Waals surface area contributed by atoms with Gasteiger partial charge in [-0.3, -0.25) is 4.79 Å². The first-order valence-electron chi connectivity index (χ1n) is 5.32. The Morgan fingerprint density at radius 3 is 3.00 bits per heavy atom. The summed E-state index contributed by atoms with van der Waals surface area (Å²) in [4.78, 5) is 15.5. The highest BCUT2D eigenvalue weighted by Crippen LogP contribution is 2.10. The first-order valence-corrected chi connectivity index (χ1v) is 5.72. The van der Waals surface area contributed by atoms with Gasteiger partial charge in [0.2, 0.25) is 5.91 Å². The lowest BCUT2D eigenvalue weighted by Crippen LogP contribution is -2.35. The van der Waals surface area contributed by atoms with Crippen molar-refractivity contribution in [2.45, 2.75) is 6.42 Å². The number of hydrogen-bond donors (Lipinski definition) is 2. The van der Waals surface area contributed by atoms with Crippen LogP contribution in [0.2, 0.25) is 0 Å². The van der Waals surface area contributed by atoms with Crippen LogP contribution in [0, 0.1) is 0 Å². The van der Waals surface area contributed by atoms with E-state index in [2.05, 4.69) is 22.5 Å². The Bertz CT molecular complexity index is 565. The van der Waals surface area contributed by atoms with Crippen LogP contribution in [0.15, 0.2) is 43.0 Å². The molecule has 3 N–H and O–H groups in total. The monoisotopic (exact) mass is 260 g/mol. The molecule has 0 spiro atoms. The number of benzene rings is 1. The summed E-state index contributed by atoms with van der Waals surface area (Å²) in [5, 5.41) is 2.39. The molecule has 1 aromatic carbocycles. The van der Waals surface area contributed by atoms with Crippen molar-refractivity contribution >= 4 is 23.2 Å². The summed E-state index contributed by atoms with van der Waals surface area (Å²) in [6.45, 7) is 0. The Morgan fingerprint density at radius 2 is 2.33 bits per heavy atom. The Labute approximate surface area is 110 Å². The lowest BCUT2D eigenvalue weighted by atomic mass is 10.1. The van der Waals surface area contributed by atoms with Crippen molar-refractivity contribution in [1.82, 2.24) is 14.9 Å². The number of nitrogens with zero attached hydrogens (tertiary/aromatic N) is 2. The fourth-order valence-corrected chi connectivity index (χ4v) is 1.72. The Hall–Kier alpha value is -2.21. The summed E-state index contributed by atoms with van der Waals surface area (Å²) < 4.78 is 1.87. The third-order valence-corrected chi connectivity index (χ3v) is 2.44. The van der Waals surface area contributed by atoms with Crippen LogP contribution in [0.1, 0.15) is 5.56 Å². The van der Waals surface area contributed by atoms with Gasteiger partial charge in [-0.05, 0) is 29.9 Å². The molecule has 5 nitrogen and oxygen atoms in total. The molecule has 0 aliphatic carbocycles. The number of aromatic nitrogens is 2. The summed E-state index contributed by atoms with van der Waals surface area (Å²) in [7, 11) is 0. The summed E-state index contributed by atoms with van der Waals surface area (Å²) in [5.41, 5.74) is 7.08. The molecule has 0 radical (unpaired) electrons. The number of imidazole rings is 1. The van der Waals surface area contributed by atoms with E-state index in [1.54, 1.807) is 12.5 Å². The standard InChI is InChI=1S/C12H12N4OS/c13-12(18)15-11(17)7-9-2-1-3-10(6-9)16-5-4-14-8-16/h1-6,8H,7H2,(H3,13,15,17,18). The second-order valence-electron chi connectivity index (χ2n) is 3.73. The molecule has 0 atom stereocenters. The molecular formula is C12H12N4OS. The van der Waals surface area contributed by atoms with Gasteiger partial charge in [0.05, 0.1) is 12.7 Å². The van der Waals surface area contributed by atoms with Gasteiger partial charge in [-0.2, -0.15) is 0 Å². The molecule has 1 heterocycles. The average Bonchev–Trinajstić information content (AvgIpc) is 2.81. The molecule has 0 saturated heterocycles. The lowest BCUT2D eigenvalue weighted by molar-refractivity contribution is -0.119. The van der Waals surface area contributed by atoms with Gasteiger partial charge in [0, 0.05) is 18.1 Å². The molecule has 18 heavy (non-hydrogen) atoms. The van der Waals surface area contributed by atoms with Gasteiger partial charge in [-0.25, -0.2) is 4.98 Å². The van der Waals surface area contributed by atoms with Crippen LogP contribution in [-0.4, -0.2) is 20.6 Å². The first kappa shape index (κ1) is 12.3. The van der Waals surface area contributed by atoms with Crippen LogP contribution >= 0.6 is 12.2 Å². The minimum atomic E-state index is -0.217. The molecule has 0 unspecified atom stereocenters. The van der Waals surface area contributed by atoms with Gasteiger partial charge in [0.15, 0.2) is 5.11 Å². The van der Waals surface area contributed by atoms with E-state index in [0.717, 1.165) is 11.3 Å². The highest BCUT2D eigenvalue weighted by molar-refractivity contribution is 7.80. The van der Waals surface area contributed by atoms with Crippen LogP contribution < -0.4 is 11.1 Å². The number of carbonyl (C=O) groups is 1. The number of amides is 1. The molecule has 0 aliphatic heterocycles. The van der Waals surface area contributed by atoms with Gasteiger partial charge < -0.3 is 15.6 Å². The normalized spacial score (nSPS) is 10.0. The van der Waals surface area contributed by atoms with E-state index >= 15 is 0 Å². The Kier molecular flexibility index (Phi) is 3.69. The number of thiocarbonyl (C=S) groups is 1. The van der Waals surface area contributed by atoms with E-state index in [1.165, 1.54) is 0 Å². The first-order chi connectivity index (χ1) is 8.65. The predicted octanol–water partition coefficient (Wildman–Crippen LogP) is 0.775. The van der Waals surface area contributed by atoms with Crippen molar-refractivity contribution in [3.05, 3.63) is 48.5 Å². The van der Waals surface area contributed by atoms with Crippen LogP contribution in [0.25, 0.3) is 5.69 Å². The number of rotatable bonds is 3.